The van der Waals surface area contributed by atoms with Gasteiger partial charge < -0.3 is 24.7 Å². The number of hydrogen-bond acceptors (Lipinski definition) is 4. The van der Waals surface area contributed by atoms with E-state index in [1.54, 1.807) is 6.07 Å². The number of carbonyl (C=O) groups excluding carboxylic acids is 2. The SMILES string of the molecule is C1CCNCC1.Cn1ccc2cc(N=C=O)ccc21.Cn1ccc2cc(NC(=O)N3CCCCC3)ccc21. The van der Waals surface area contributed by atoms with Gasteiger partial charge in [-0.25, -0.2) is 9.59 Å². The number of amides is 2. The van der Waals surface area contributed by atoms with Gasteiger partial charge in [-0.05, 0) is 93.7 Å². The van der Waals surface area contributed by atoms with E-state index in [2.05, 4.69) is 26.3 Å². The van der Waals surface area contributed by atoms with Gasteiger partial charge in [0.1, 0.15) is 0 Å². The summed E-state index contributed by atoms with van der Waals surface area (Å²) in [7, 11) is 4.00. The van der Waals surface area contributed by atoms with E-state index in [0.29, 0.717) is 5.69 Å². The number of nitrogens with zero attached hydrogens (tertiary/aromatic N) is 4. The van der Waals surface area contributed by atoms with Gasteiger partial charge in [0, 0.05) is 67.1 Å². The molecule has 38 heavy (non-hydrogen) atoms. The van der Waals surface area contributed by atoms with Crippen LogP contribution < -0.4 is 10.6 Å². The molecule has 2 aliphatic rings. The summed E-state index contributed by atoms with van der Waals surface area (Å²) >= 11 is 0. The molecule has 2 aromatic carbocycles. The summed E-state index contributed by atoms with van der Waals surface area (Å²) in [4.78, 5) is 27.6. The van der Waals surface area contributed by atoms with Crippen LogP contribution in [0, 0.1) is 0 Å². The van der Waals surface area contributed by atoms with Crippen LogP contribution in [0.1, 0.15) is 38.5 Å². The fourth-order valence-corrected chi connectivity index (χ4v) is 4.85. The van der Waals surface area contributed by atoms with Gasteiger partial charge in [-0.2, -0.15) is 4.99 Å². The van der Waals surface area contributed by atoms with Crippen molar-refractivity contribution in [3.63, 3.8) is 0 Å². The molecule has 0 radical (unpaired) electrons. The standard InChI is InChI=1S/C15H19N3O.C10H8N2O.C5H11N/c1-17-10-7-12-11-13(5-6-14(12)17)16-15(19)18-8-3-2-4-9-18;1-12-5-4-8-6-9(11-7-13)2-3-10(8)12;1-2-4-6-5-3-1/h5-7,10-11H,2-4,8-9H2,1H3,(H,16,19);2-6H,1H3;6H,1-5H2. The van der Waals surface area contributed by atoms with Crippen LogP contribution in [-0.2, 0) is 18.9 Å². The fourth-order valence-electron chi connectivity index (χ4n) is 4.85. The Morgan fingerprint density at radius 3 is 2.00 bits per heavy atom. The zero-order chi connectivity index (χ0) is 26.7. The lowest BCUT2D eigenvalue weighted by molar-refractivity contribution is 0.200. The molecule has 0 saturated carbocycles. The summed E-state index contributed by atoms with van der Waals surface area (Å²) in [6.45, 7) is 4.25. The first-order valence-corrected chi connectivity index (χ1v) is 13.5. The van der Waals surface area contributed by atoms with Gasteiger partial charge >= 0.3 is 6.03 Å². The molecule has 0 spiro atoms. The van der Waals surface area contributed by atoms with Crippen LogP contribution in [0.2, 0.25) is 0 Å². The van der Waals surface area contributed by atoms with Crippen molar-refractivity contribution in [3.8, 4) is 0 Å². The zero-order valence-corrected chi connectivity index (χ0v) is 22.4. The maximum atomic E-state index is 12.1. The molecule has 200 valence electrons. The minimum absolute atomic E-state index is 0.0231. The average Bonchev–Trinajstić information content (AvgIpc) is 3.52. The first-order chi connectivity index (χ1) is 18.5. The third-order valence-electron chi connectivity index (χ3n) is 7.03. The highest BCUT2D eigenvalue weighted by Gasteiger charge is 2.16. The molecule has 0 aliphatic carbocycles. The number of nitrogens with one attached hydrogen (secondary N) is 2. The number of carbonyl (C=O) groups is 1. The molecule has 2 fully saturated rings. The number of aryl methyl sites for hydroxylation is 2. The molecule has 4 aromatic rings. The van der Waals surface area contributed by atoms with Crippen molar-refractivity contribution in [2.75, 3.05) is 31.5 Å². The van der Waals surface area contributed by atoms with E-state index in [0.717, 1.165) is 47.9 Å². The van der Waals surface area contributed by atoms with Crippen LogP contribution in [0.25, 0.3) is 21.8 Å². The summed E-state index contributed by atoms with van der Waals surface area (Å²) in [5, 5.41) is 8.51. The van der Waals surface area contributed by atoms with Crippen molar-refractivity contribution in [2.45, 2.75) is 38.5 Å². The van der Waals surface area contributed by atoms with E-state index in [4.69, 9.17) is 0 Å². The van der Waals surface area contributed by atoms with Crippen molar-refractivity contribution in [1.82, 2.24) is 19.4 Å². The summed E-state index contributed by atoms with van der Waals surface area (Å²) in [6, 6.07) is 15.7. The third-order valence-corrected chi connectivity index (χ3v) is 7.03. The Morgan fingerprint density at radius 2 is 1.42 bits per heavy atom. The second-order valence-electron chi connectivity index (χ2n) is 9.86. The number of benzene rings is 2. The lowest BCUT2D eigenvalue weighted by Gasteiger charge is -2.26. The number of likely N-dealkylation sites (tertiary alicyclic amines) is 1. The van der Waals surface area contributed by atoms with Gasteiger partial charge in [0.2, 0.25) is 6.08 Å². The molecule has 2 aromatic heterocycles. The van der Waals surface area contributed by atoms with Crippen LogP contribution in [0.3, 0.4) is 0 Å². The van der Waals surface area contributed by atoms with E-state index in [-0.39, 0.29) is 6.03 Å². The molecule has 0 atom stereocenters. The Labute approximate surface area is 224 Å². The quantitative estimate of drug-likeness (QED) is 0.250. The predicted molar refractivity (Wildman–Crippen MR) is 155 cm³/mol. The highest BCUT2D eigenvalue weighted by Crippen LogP contribution is 2.22. The molecule has 8 nitrogen and oxygen atoms in total. The van der Waals surface area contributed by atoms with Crippen molar-refractivity contribution in [3.05, 3.63) is 60.9 Å². The van der Waals surface area contributed by atoms with Crippen molar-refractivity contribution in [2.24, 2.45) is 19.1 Å². The number of rotatable bonds is 2. The first-order valence-electron chi connectivity index (χ1n) is 13.5. The lowest BCUT2D eigenvalue weighted by atomic mass is 10.1. The average molecular weight is 515 g/mol. The van der Waals surface area contributed by atoms with Crippen LogP contribution in [0.4, 0.5) is 16.2 Å². The van der Waals surface area contributed by atoms with Crippen LogP contribution in [0.5, 0.6) is 0 Å². The Kier molecular flexibility index (Phi) is 9.73. The second-order valence-corrected chi connectivity index (χ2v) is 9.86. The Morgan fingerprint density at radius 1 is 0.816 bits per heavy atom. The normalized spacial score (nSPS) is 15.1. The molecule has 2 N–H and O–H groups in total. The van der Waals surface area contributed by atoms with Gasteiger partial charge in [-0.15, -0.1) is 0 Å². The van der Waals surface area contributed by atoms with Gasteiger partial charge in [-0.1, -0.05) is 6.42 Å². The largest absolute Gasteiger partial charge is 0.351 e. The monoisotopic (exact) mass is 514 g/mol. The number of anilines is 1. The number of aromatic nitrogens is 2. The number of piperidine rings is 2. The van der Waals surface area contributed by atoms with Crippen molar-refractivity contribution < 1.29 is 9.59 Å². The number of isocyanates is 1. The minimum Gasteiger partial charge on any atom is -0.351 e. The van der Waals surface area contributed by atoms with Gasteiger partial charge in [0.05, 0.1) is 5.69 Å². The molecule has 0 bridgehead atoms. The molecular weight excluding hydrogens is 476 g/mol. The molecule has 2 amide bonds. The second kappa shape index (κ2) is 13.6. The maximum absolute atomic E-state index is 12.1. The van der Waals surface area contributed by atoms with Crippen molar-refractivity contribution >= 4 is 45.3 Å². The van der Waals surface area contributed by atoms with Crippen LogP contribution in [-0.4, -0.2) is 52.3 Å². The number of urea groups is 1. The smallest absolute Gasteiger partial charge is 0.321 e. The zero-order valence-electron chi connectivity index (χ0n) is 22.4. The number of fused-ring (bicyclic) bond motifs is 2. The first kappa shape index (κ1) is 27.2. The fraction of sp³-hybridized carbons (Fsp3) is 0.400. The molecule has 0 unspecified atom stereocenters. The molecule has 6 rings (SSSR count). The maximum Gasteiger partial charge on any atom is 0.321 e. The summed E-state index contributed by atoms with van der Waals surface area (Å²) < 4.78 is 4.09. The van der Waals surface area contributed by atoms with Crippen molar-refractivity contribution in [1.29, 1.82) is 0 Å². The number of hydrogen-bond donors (Lipinski definition) is 2. The van der Waals surface area contributed by atoms with E-state index >= 15 is 0 Å². The summed E-state index contributed by atoms with van der Waals surface area (Å²) in [5.74, 6) is 0. The third kappa shape index (κ3) is 7.34. The van der Waals surface area contributed by atoms with Gasteiger partial charge in [0.15, 0.2) is 0 Å². The highest BCUT2D eigenvalue weighted by molar-refractivity contribution is 5.93. The Hall–Kier alpha value is -3.87. The predicted octanol–water partition coefficient (Wildman–Crippen LogP) is 6.10. The summed E-state index contributed by atoms with van der Waals surface area (Å²) in [5.41, 5.74) is 3.82. The Bertz CT molecular complexity index is 1380. The van der Waals surface area contributed by atoms with Gasteiger partial charge in [0.25, 0.3) is 0 Å². The molecule has 2 saturated heterocycles. The van der Waals surface area contributed by atoms with Gasteiger partial charge in [-0.3, -0.25) is 0 Å². The van der Waals surface area contributed by atoms with E-state index in [1.807, 2.05) is 72.4 Å². The molecule has 2 aliphatic heterocycles. The Balaban J connectivity index is 0.000000152. The topological polar surface area (TPSA) is 83.7 Å². The van der Waals surface area contributed by atoms with E-state index in [9.17, 15) is 9.59 Å². The minimum atomic E-state index is 0.0231. The molecular formula is C30H38N6O2. The van der Waals surface area contributed by atoms with E-state index in [1.165, 1.54) is 50.4 Å². The summed E-state index contributed by atoms with van der Waals surface area (Å²) in [6.07, 6.45) is 13.2. The molecule has 4 heterocycles. The molecule has 8 heteroatoms. The van der Waals surface area contributed by atoms with Crippen LogP contribution >= 0.6 is 0 Å². The van der Waals surface area contributed by atoms with E-state index < -0.39 is 0 Å². The van der Waals surface area contributed by atoms with Crippen LogP contribution in [0.15, 0.2) is 65.9 Å². The highest BCUT2D eigenvalue weighted by atomic mass is 16.2. The lowest BCUT2D eigenvalue weighted by Crippen LogP contribution is -2.38. The number of aliphatic imine (C=N–C) groups is 1.